The predicted octanol–water partition coefficient (Wildman–Crippen LogP) is 4.54. The minimum atomic E-state index is -0.391. The maximum atomic E-state index is 13.2. The van der Waals surface area contributed by atoms with E-state index in [2.05, 4.69) is 15.9 Å². The van der Waals surface area contributed by atoms with E-state index in [-0.39, 0.29) is 5.82 Å². The first-order chi connectivity index (χ1) is 10.1. The van der Waals surface area contributed by atoms with E-state index in [1.165, 1.54) is 11.6 Å². The van der Waals surface area contributed by atoms with E-state index in [9.17, 15) is 9.50 Å². The van der Waals surface area contributed by atoms with E-state index in [1.807, 2.05) is 18.2 Å². The van der Waals surface area contributed by atoms with Gasteiger partial charge in [-0.15, -0.1) is 0 Å². The summed E-state index contributed by atoms with van der Waals surface area (Å²) in [6.07, 6.45) is 2.45. The Morgan fingerprint density at radius 2 is 2.10 bits per heavy atom. The molecule has 0 spiro atoms. The number of halogens is 2. The van der Waals surface area contributed by atoms with E-state index in [0.29, 0.717) is 11.1 Å². The molecule has 21 heavy (non-hydrogen) atoms. The van der Waals surface area contributed by atoms with E-state index in [0.717, 1.165) is 36.1 Å². The van der Waals surface area contributed by atoms with Crippen LogP contribution in [0.5, 0.6) is 5.75 Å². The molecule has 0 unspecified atom stereocenters. The van der Waals surface area contributed by atoms with Crippen LogP contribution in [0.2, 0.25) is 0 Å². The van der Waals surface area contributed by atoms with Crippen molar-refractivity contribution in [1.82, 2.24) is 0 Å². The van der Waals surface area contributed by atoms with Gasteiger partial charge in [-0.25, -0.2) is 4.39 Å². The molecule has 0 aromatic heterocycles. The largest absolute Gasteiger partial charge is 0.489 e. The van der Waals surface area contributed by atoms with Crippen LogP contribution in [0, 0.1) is 5.82 Å². The van der Waals surface area contributed by atoms with Crippen molar-refractivity contribution in [3.8, 4) is 5.75 Å². The minimum Gasteiger partial charge on any atom is -0.489 e. The van der Waals surface area contributed by atoms with Crippen molar-refractivity contribution >= 4 is 15.9 Å². The Bertz CT molecular complexity index is 657. The highest BCUT2D eigenvalue weighted by Crippen LogP contribution is 2.32. The second-order valence-corrected chi connectivity index (χ2v) is 6.16. The first-order valence-electron chi connectivity index (χ1n) is 7.01. The van der Waals surface area contributed by atoms with Crippen molar-refractivity contribution in [2.24, 2.45) is 0 Å². The Morgan fingerprint density at radius 3 is 2.90 bits per heavy atom. The van der Waals surface area contributed by atoms with Gasteiger partial charge >= 0.3 is 0 Å². The molecule has 0 fully saturated rings. The molecule has 0 radical (unpaired) electrons. The summed E-state index contributed by atoms with van der Waals surface area (Å²) in [4.78, 5) is 0. The van der Waals surface area contributed by atoms with E-state index < -0.39 is 6.10 Å². The van der Waals surface area contributed by atoms with Crippen molar-refractivity contribution in [1.29, 1.82) is 0 Å². The molecule has 4 heteroatoms. The highest BCUT2D eigenvalue weighted by atomic mass is 79.9. The van der Waals surface area contributed by atoms with Gasteiger partial charge in [0, 0.05) is 0 Å². The molecule has 0 aliphatic heterocycles. The molecule has 1 atom stereocenters. The molecule has 0 saturated heterocycles. The maximum absolute atomic E-state index is 13.2. The third-order valence-corrected chi connectivity index (χ3v) is 4.40. The van der Waals surface area contributed by atoms with Crippen LogP contribution in [-0.4, -0.2) is 5.11 Å². The molecule has 2 nitrogen and oxygen atoms in total. The Morgan fingerprint density at radius 1 is 1.24 bits per heavy atom. The molecule has 1 N–H and O–H groups in total. The van der Waals surface area contributed by atoms with Gasteiger partial charge in [-0.1, -0.05) is 12.1 Å². The van der Waals surface area contributed by atoms with Gasteiger partial charge in [-0.3, -0.25) is 0 Å². The molecule has 0 bridgehead atoms. The van der Waals surface area contributed by atoms with Crippen LogP contribution in [0.25, 0.3) is 0 Å². The number of benzene rings is 2. The summed E-state index contributed by atoms with van der Waals surface area (Å²) >= 11 is 3.17. The number of rotatable bonds is 3. The number of aliphatic hydroxyl groups is 1. The molecule has 2 aromatic rings. The molecule has 1 aliphatic carbocycles. The van der Waals surface area contributed by atoms with E-state index in [1.54, 1.807) is 12.1 Å². The highest BCUT2D eigenvalue weighted by Gasteiger charge is 2.18. The van der Waals surface area contributed by atoms with Crippen molar-refractivity contribution in [2.75, 3.05) is 0 Å². The fraction of sp³-hybridized carbons (Fsp3) is 0.294. The zero-order chi connectivity index (χ0) is 14.8. The lowest BCUT2D eigenvalue weighted by Gasteiger charge is -2.22. The van der Waals surface area contributed by atoms with E-state index >= 15 is 0 Å². The van der Waals surface area contributed by atoms with Crippen molar-refractivity contribution in [3.63, 3.8) is 0 Å². The number of ether oxygens (including phenoxy) is 1. The Labute approximate surface area is 131 Å². The number of hydrogen-bond acceptors (Lipinski definition) is 2. The predicted molar refractivity (Wildman–Crippen MR) is 82.8 cm³/mol. The smallest absolute Gasteiger partial charge is 0.137 e. The topological polar surface area (TPSA) is 29.5 Å². The highest BCUT2D eigenvalue weighted by molar-refractivity contribution is 9.10. The lowest BCUT2D eigenvalue weighted by Crippen LogP contribution is -2.09. The van der Waals surface area contributed by atoms with Crippen LogP contribution in [0.1, 0.15) is 35.6 Å². The summed E-state index contributed by atoms with van der Waals surface area (Å²) < 4.78 is 19.4. The lowest BCUT2D eigenvalue weighted by atomic mass is 9.89. The summed E-state index contributed by atoms with van der Waals surface area (Å²) in [6, 6.07) is 10.7. The first-order valence-corrected chi connectivity index (χ1v) is 7.80. The van der Waals surface area contributed by atoms with Crippen LogP contribution in [-0.2, 0) is 13.0 Å². The lowest BCUT2D eigenvalue weighted by molar-refractivity contribution is 0.156. The maximum Gasteiger partial charge on any atom is 0.137 e. The Balaban J connectivity index is 1.73. The zero-order valence-corrected chi connectivity index (χ0v) is 13.1. The SMILES string of the molecule is O[C@H]1CCCc2ccc(OCc3ccc(F)c(Br)c3)cc21. The molecule has 0 amide bonds. The molecule has 2 aromatic carbocycles. The summed E-state index contributed by atoms with van der Waals surface area (Å²) in [5, 5.41) is 10.0. The summed E-state index contributed by atoms with van der Waals surface area (Å²) in [7, 11) is 0. The Hall–Kier alpha value is -1.39. The summed E-state index contributed by atoms with van der Waals surface area (Å²) in [5.41, 5.74) is 3.06. The van der Waals surface area contributed by atoms with Crippen LogP contribution in [0.3, 0.4) is 0 Å². The van der Waals surface area contributed by atoms with Crippen LogP contribution in [0.15, 0.2) is 40.9 Å². The second kappa shape index (κ2) is 6.16. The van der Waals surface area contributed by atoms with Gasteiger partial charge in [0.15, 0.2) is 0 Å². The minimum absolute atomic E-state index is 0.282. The van der Waals surface area contributed by atoms with Crippen molar-refractivity contribution in [3.05, 3.63) is 63.4 Å². The summed E-state index contributed by atoms with van der Waals surface area (Å²) in [5.74, 6) is 0.450. The fourth-order valence-corrected chi connectivity index (χ4v) is 3.06. The molecule has 110 valence electrons. The van der Waals surface area contributed by atoms with Gasteiger partial charge in [-0.05, 0) is 76.1 Å². The number of aliphatic hydroxyl groups excluding tert-OH is 1. The van der Waals surface area contributed by atoms with Gasteiger partial charge in [0.25, 0.3) is 0 Å². The summed E-state index contributed by atoms with van der Waals surface area (Å²) in [6.45, 7) is 0.369. The zero-order valence-electron chi connectivity index (χ0n) is 11.5. The van der Waals surface area contributed by atoms with Gasteiger partial charge in [0.1, 0.15) is 18.2 Å². The average Bonchev–Trinajstić information content (AvgIpc) is 2.49. The van der Waals surface area contributed by atoms with Gasteiger partial charge in [0.2, 0.25) is 0 Å². The first kappa shape index (κ1) is 14.5. The average molecular weight is 351 g/mol. The third kappa shape index (κ3) is 3.27. The molecule has 3 rings (SSSR count). The fourth-order valence-electron chi connectivity index (χ4n) is 2.64. The van der Waals surface area contributed by atoms with Gasteiger partial charge < -0.3 is 9.84 Å². The third-order valence-electron chi connectivity index (χ3n) is 3.79. The second-order valence-electron chi connectivity index (χ2n) is 5.31. The molecule has 0 saturated carbocycles. The van der Waals surface area contributed by atoms with Gasteiger partial charge in [-0.2, -0.15) is 0 Å². The Kier molecular flexibility index (Phi) is 4.27. The van der Waals surface area contributed by atoms with Crippen molar-refractivity contribution in [2.45, 2.75) is 32.0 Å². The molecule has 1 aliphatic rings. The monoisotopic (exact) mass is 350 g/mol. The number of aryl methyl sites for hydroxylation is 1. The van der Waals surface area contributed by atoms with Crippen LogP contribution < -0.4 is 4.74 Å². The van der Waals surface area contributed by atoms with Crippen LogP contribution >= 0.6 is 15.9 Å². The molecular formula is C17H16BrFO2. The molecular weight excluding hydrogens is 335 g/mol. The standard InChI is InChI=1S/C17H16BrFO2/c18-15-8-11(4-7-16(15)19)10-21-13-6-5-12-2-1-3-17(20)14(12)9-13/h4-9,17,20H,1-3,10H2/t17-/m0/s1. The number of hydrogen-bond donors (Lipinski definition) is 1. The quantitative estimate of drug-likeness (QED) is 0.880. The number of fused-ring (bicyclic) bond motifs is 1. The van der Waals surface area contributed by atoms with Gasteiger partial charge in [0.05, 0.1) is 10.6 Å². The van der Waals surface area contributed by atoms with Crippen molar-refractivity contribution < 1.29 is 14.2 Å². The normalized spacial score (nSPS) is 17.4. The molecule has 0 heterocycles. The van der Waals surface area contributed by atoms with E-state index in [4.69, 9.17) is 4.74 Å². The van der Waals surface area contributed by atoms with Crippen LogP contribution in [0.4, 0.5) is 4.39 Å².